The molecule has 1 aliphatic heterocycles. The van der Waals surface area contributed by atoms with Crippen molar-refractivity contribution < 1.29 is 9.21 Å². The molecule has 0 aliphatic carbocycles. The van der Waals surface area contributed by atoms with Crippen molar-refractivity contribution in [2.24, 2.45) is 5.92 Å². The van der Waals surface area contributed by atoms with Gasteiger partial charge in [-0.1, -0.05) is 17.7 Å². The smallest absolute Gasteiger partial charge is 0.271 e. The van der Waals surface area contributed by atoms with Crippen LogP contribution in [0.2, 0.25) is 5.02 Å². The summed E-state index contributed by atoms with van der Waals surface area (Å²) >= 11 is 6.22. The number of carbonyl (C=O) groups excluding carboxylic acids is 1. The van der Waals surface area contributed by atoms with Crippen molar-refractivity contribution in [3.05, 3.63) is 75.4 Å². The molecule has 1 amide bonds. The topological polar surface area (TPSA) is 80.4 Å². The van der Waals surface area contributed by atoms with E-state index >= 15 is 0 Å². The lowest BCUT2D eigenvalue weighted by Gasteiger charge is -2.32. The van der Waals surface area contributed by atoms with Gasteiger partial charge in [0, 0.05) is 24.2 Å². The van der Waals surface area contributed by atoms with Crippen LogP contribution in [0, 0.1) is 12.8 Å². The number of amides is 1. The molecule has 0 unspecified atom stereocenters. The Morgan fingerprint density at radius 2 is 2.17 bits per heavy atom. The Bertz CT molecular complexity index is 1090. The lowest BCUT2D eigenvalue weighted by Crippen LogP contribution is -2.43. The summed E-state index contributed by atoms with van der Waals surface area (Å²) in [5.41, 5.74) is 1.31. The standard InChI is InChI=1S/C22H23ClN4O3/c1-15-6-7-17(12-19(15)23)27-21(28)9-8-20(25-27)26-10-2-4-16(14-26)22(29)24-13-18-5-3-11-30-18/h3,5-9,11-12,16H,2,4,10,13-14H2,1H3,(H,24,29)/t16-/m0/s1. The first-order valence-electron chi connectivity index (χ1n) is 9.93. The van der Waals surface area contributed by atoms with E-state index in [0.717, 1.165) is 30.7 Å². The quantitative estimate of drug-likeness (QED) is 0.677. The maximum Gasteiger partial charge on any atom is 0.271 e. The summed E-state index contributed by atoms with van der Waals surface area (Å²) in [5, 5.41) is 8.06. The van der Waals surface area contributed by atoms with Crippen molar-refractivity contribution in [2.45, 2.75) is 26.3 Å². The van der Waals surface area contributed by atoms with E-state index < -0.39 is 0 Å². The number of aryl methyl sites for hydroxylation is 1. The molecule has 1 atom stereocenters. The fourth-order valence-electron chi connectivity index (χ4n) is 3.60. The van der Waals surface area contributed by atoms with E-state index in [9.17, 15) is 9.59 Å². The maximum absolute atomic E-state index is 12.6. The maximum atomic E-state index is 12.6. The van der Waals surface area contributed by atoms with Crippen LogP contribution in [-0.2, 0) is 11.3 Å². The summed E-state index contributed by atoms with van der Waals surface area (Å²) in [4.78, 5) is 27.0. The largest absolute Gasteiger partial charge is 0.467 e. The number of hydrogen-bond donors (Lipinski definition) is 1. The summed E-state index contributed by atoms with van der Waals surface area (Å²) in [5.74, 6) is 1.23. The van der Waals surface area contributed by atoms with Crippen LogP contribution in [0.5, 0.6) is 0 Å². The van der Waals surface area contributed by atoms with Crippen LogP contribution >= 0.6 is 11.6 Å². The average Bonchev–Trinajstić information content (AvgIpc) is 3.28. The van der Waals surface area contributed by atoms with E-state index in [1.54, 1.807) is 24.5 Å². The van der Waals surface area contributed by atoms with Gasteiger partial charge in [0.05, 0.1) is 24.4 Å². The van der Waals surface area contributed by atoms with Crippen LogP contribution in [0.25, 0.3) is 5.69 Å². The van der Waals surface area contributed by atoms with Gasteiger partial charge in [0.2, 0.25) is 5.91 Å². The highest BCUT2D eigenvalue weighted by atomic mass is 35.5. The molecule has 30 heavy (non-hydrogen) atoms. The molecule has 3 heterocycles. The molecule has 1 fully saturated rings. The van der Waals surface area contributed by atoms with Crippen LogP contribution in [-0.4, -0.2) is 28.8 Å². The predicted octanol–water partition coefficient (Wildman–Crippen LogP) is 3.32. The number of anilines is 1. The second-order valence-corrected chi connectivity index (χ2v) is 7.86. The van der Waals surface area contributed by atoms with Crippen LogP contribution < -0.4 is 15.8 Å². The molecule has 0 radical (unpaired) electrons. The summed E-state index contributed by atoms with van der Waals surface area (Å²) in [6, 6.07) is 12.2. The van der Waals surface area contributed by atoms with Gasteiger partial charge in [0.1, 0.15) is 11.6 Å². The highest BCUT2D eigenvalue weighted by molar-refractivity contribution is 6.31. The van der Waals surface area contributed by atoms with Gasteiger partial charge in [-0.25, -0.2) is 0 Å². The lowest BCUT2D eigenvalue weighted by atomic mass is 9.97. The number of piperidine rings is 1. The van der Waals surface area contributed by atoms with E-state index in [-0.39, 0.29) is 17.4 Å². The summed E-state index contributed by atoms with van der Waals surface area (Å²) in [6.45, 7) is 3.61. The molecule has 156 valence electrons. The number of furan rings is 1. The number of nitrogens with zero attached hydrogens (tertiary/aromatic N) is 3. The van der Waals surface area contributed by atoms with Gasteiger partial charge in [0.15, 0.2) is 0 Å². The summed E-state index contributed by atoms with van der Waals surface area (Å²) in [7, 11) is 0. The molecule has 1 aromatic carbocycles. The molecule has 7 nitrogen and oxygen atoms in total. The van der Waals surface area contributed by atoms with E-state index in [4.69, 9.17) is 16.0 Å². The van der Waals surface area contributed by atoms with Crippen molar-refractivity contribution in [3.8, 4) is 5.69 Å². The van der Waals surface area contributed by atoms with Crippen LogP contribution in [0.4, 0.5) is 5.82 Å². The van der Waals surface area contributed by atoms with Gasteiger partial charge in [-0.05, 0) is 55.7 Å². The first kappa shape index (κ1) is 20.2. The zero-order valence-corrected chi connectivity index (χ0v) is 17.4. The molecule has 1 aliphatic rings. The van der Waals surface area contributed by atoms with E-state index in [1.165, 1.54) is 10.7 Å². The van der Waals surface area contributed by atoms with Gasteiger partial charge < -0.3 is 14.6 Å². The third-order valence-corrected chi connectivity index (χ3v) is 5.73. The molecule has 8 heteroatoms. The third kappa shape index (κ3) is 4.41. The molecule has 0 spiro atoms. The number of rotatable bonds is 5. The molecule has 0 bridgehead atoms. The molecule has 2 aromatic heterocycles. The van der Waals surface area contributed by atoms with Crippen molar-refractivity contribution in [1.82, 2.24) is 15.1 Å². The number of carbonyl (C=O) groups is 1. The monoisotopic (exact) mass is 426 g/mol. The SMILES string of the molecule is Cc1ccc(-n2nc(N3CCC[C@H](C(=O)NCc4ccco4)C3)ccc2=O)cc1Cl. The Hall–Kier alpha value is -3.06. The fraction of sp³-hybridized carbons (Fsp3) is 0.318. The van der Waals surface area contributed by atoms with Gasteiger partial charge in [0.25, 0.3) is 5.56 Å². The third-order valence-electron chi connectivity index (χ3n) is 5.32. The second-order valence-electron chi connectivity index (χ2n) is 7.46. The van der Waals surface area contributed by atoms with Crippen LogP contribution in [0.3, 0.4) is 0 Å². The number of benzene rings is 1. The Morgan fingerprint density at radius 3 is 2.93 bits per heavy atom. The van der Waals surface area contributed by atoms with E-state index in [2.05, 4.69) is 10.4 Å². The zero-order valence-electron chi connectivity index (χ0n) is 16.7. The molecule has 4 rings (SSSR count). The van der Waals surface area contributed by atoms with Crippen molar-refractivity contribution >= 4 is 23.3 Å². The first-order valence-corrected chi connectivity index (χ1v) is 10.3. The number of halogens is 1. The Morgan fingerprint density at radius 1 is 1.30 bits per heavy atom. The fourth-order valence-corrected chi connectivity index (χ4v) is 3.77. The number of hydrogen-bond acceptors (Lipinski definition) is 5. The molecular weight excluding hydrogens is 404 g/mol. The van der Waals surface area contributed by atoms with Crippen LogP contribution in [0.15, 0.2) is 57.9 Å². The van der Waals surface area contributed by atoms with Crippen molar-refractivity contribution in [1.29, 1.82) is 0 Å². The zero-order chi connectivity index (χ0) is 21.1. The molecular formula is C22H23ClN4O3. The van der Waals surface area contributed by atoms with Crippen molar-refractivity contribution in [3.63, 3.8) is 0 Å². The summed E-state index contributed by atoms with van der Waals surface area (Å²) < 4.78 is 6.62. The van der Waals surface area contributed by atoms with E-state index in [1.807, 2.05) is 30.0 Å². The van der Waals surface area contributed by atoms with Crippen molar-refractivity contribution in [2.75, 3.05) is 18.0 Å². The number of nitrogens with one attached hydrogen (secondary N) is 1. The summed E-state index contributed by atoms with van der Waals surface area (Å²) in [6.07, 6.45) is 3.27. The minimum Gasteiger partial charge on any atom is -0.467 e. The normalized spacial score (nSPS) is 16.5. The lowest BCUT2D eigenvalue weighted by molar-refractivity contribution is -0.125. The van der Waals surface area contributed by atoms with E-state index in [0.29, 0.717) is 29.6 Å². The van der Waals surface area contributed by atoms with Crippen LogP contribution in [0.1, 0.15) is 24.2 Å². The Balaban J connectivity index is 1.50. The van der Waals surface area contributed by atoms with Gasteiger partial charge in [-0.2, -0.15) is 4.68 Å². The molecule has 1 saturated heterocycles. The molecule has 1 N–H and O–H groups in total. The Labute approximate surface area is 179 Å². The minimum absolute atomic E-state index is 0.00487. The Kier molecular flexibility index (Phi) is 5.90. The van der Waals surface area contributed by atoms with Gasteiger partial charge in [-0.15, -0.1) is 5.10 Å². The van der Waals surface area contributed by atoms with Gasteiger partial charge >= 0.3 is 0 Å². The van der Waals surface area contributed by atoms with Gasteiger partial charge in [-0.3, -0.25) is 9.59 Å². The predicted molar refractivity (Wildman–Crippen MR) is 115 cm³/mol. The average molecular weight is 427 g/mol. The second kappa shape index (κ2) is 8.75. The molecule has 0 saturated carbocycles. The number of aromatic nitrogens is 2. The minimum atomic E-state index is -0.233. The highest BCUT2D eigenvalue weighted by Gasteiger charge is 2.27. The first-order chi connectivity index (χ1) is 14.5. The molecule has 3 aromatic rings. The highest BCUT2D eigenvalue weighted by Crippen LogP contribution is 2.23.